The second-order valence-corrected chi connectivity index (χ2v) is 6.13. The first-order chi connectivity index (χ1) is 8.90. The molecule has 0 amide bonds. The van der Waals surface area contributed by atoms with Crippen molar-refractivity contribution in [3.8, 4) is 0 Å². The maximum Gasteiger partial charge on any atom is 0.308 e. The lowest BCUT2D eigenvalue weighted by molar-refractivity contribution is -0.142. The van der Waals surface area contributed by atoms with Gasteiger partial charge in [-0.2, -0.15) is 0 Å². The molecule has 0 aliphatic carbocycles. The molecule has 19 heavy (non-hydrogen) atoms. The van der Waals surface area contributed by atoms with Crippen LogP contribution in [-0.2, 0) is 4.79 Å². The van der Waals surface area contributed by atoms with Gasteiger partial charge >= 0.3 is 5.97 Å². The largest absolute Gasteiger partial charge is 0.481 e. The minimum absolute atomic E-state index is 0.0927. The Kier molecular flexibility index (Phi) is 4.26. The van der Waals surface area contributed by atoms with Crippen LogP contribution in [0.3, 0.4) is 0 Å². The molecular weight excluding hydrogens is 313 g/mol. The zero-order valence-electron chi connectivity index (χ0n) is 10.9. The van der Waals surface area contributed by atoms with E-state index < -0.39 is 5.97 Å². The molecule has 1 saturated heterocycles. The van der Waals surface area contributed by atoms with Gasteiger partial charge in [0.2, 0.25) is 0 Å². The maximum absolute atomic E-state index is 13.9. The van der Waals surface area contributed by atoms with E-state index in [2.05, 4.69) is 15.9 Å². The molecule has 104 valence electrons. The first-order valence-electron chi connectivity index (χ1n) is 6.32. The quantitative estimate of drug-likeness (QED) is 0.924. The lowest BCUT2D eigenvalue weighted by Crippen LogP contribution is -2.26. The zero-order chi connectivity index (χ0) is 14.2. The third kappa shape index (κ3) is 2.98. The SMILES string of the molecule is CC1CN(C(C)c2cc(Br)ccc2F)CC1C(=O)O. The number of nitrogens with zero attached hydrogens (tertiary/aromatic N) is 1. The Balaban J connectivity index is 2.19. The van der Waals surface area contributed by atoms with Crippen molar-refractivity contribution in [3.05, 3.63) is 34.1 Å². The number of hydrogen-bond acceptors (Lipinski definition) is 2. The van der Waals surface area contributed by atoms with E-state index in [1.54, 1.807) is 12.1 Å². The van der Waals surface area contributed by atoms with Crippen LogP contribution in [-0.4, -0.2) is 29.1 Å². The van der Waals surface area contributed by atoms with Gasteiger partial charge in [0.05, 0.1) is 5.92 Å². The molecule has 1 aromatic rings. The fourth-order valence-electron chi connectivity index (χ4n) is 2.67. The van der Waals surface area contributed by atoms with Crippen LogP contribution in [0.2, 0.25) is 0 Å². The number of hydrogen-bond donors (Lipinski definition) is 1. The van der Waals surface area contributed by atoms with Gasteiger partial charge in [-0.05, 0) is 31.0 Å². The Morgan fingerprint density at radius 3 is 2.79 bits per heavy atom. The van der Waals surface area contributed by atoms with Gasteiger partial charge in [-0.3, -0.25) is 9.69 Å². The van der Waals surface area contributed by atoms with Crippen molar-refractivity contribution in [1.29, 1.82) is 0 Å². The van der Waals surface area contributed by atoms with Crippen LogP contribution >= 0.6 is 15.9 Å². The van der Waals surface area contributed by atoms with Gasteiger partial charge in [-0.15, -0.1) is 0 Å². The van der Waals surface area contributed by atoms with E-state index in [0.717, 1.165) is 4.47 Å². The normalized spacial score (nSPS) is 25.5. The highest BCUT2D eigenvalue weighted by Crippen LogP contribution is 2.33. The molecular formula is C14H17BrFNO2. The highest BCUT2D eigenvalue weighted by Gasteiger charge is 2.37. The molecule has 5 heteroatoms. The lowest BCUT2D eigenvalue weighted by Gasteiger charge is -2.25. The number of carboxylic acid groups (broad SMARTS) is 1. The van der Waals surface area contributed by atoms with Gasteiger partial charge in [-0.1, -0.05) is 22.9 Å². The molecule has 3 unspecified atom stereocenters. The van der Waals surface area contributed by atoms with E-state index in [9.17, 15) is 9.18 Å². The summed E-state index contributed by atoms with van der Waals surface area (Å²) in [4.78, 5) is 13.2. The minimum Gasteiger partial charge on any atom is -0.481 e. The number of halogens is 2. The van der Waals surface area contributed by atoms with Gasteiger partial charge in [0, 0.05) is 29.2 Å². The average Bonchev–Trinajstić information content (AvgIpc) is 2.74. The number of carboxylic acids is 1. The minimum atomic E-state index is -0.767. The van der Waals surface area contributed by atoms with Crippen molar-refractivity contribution >= 4 is 21.9 Å². The van der Waals surface area contributed by atoms with E-state index in [1.807, 2.05) is 18.7 Å². The van der Waals surface area contributed by atoms with Gasteiger partial charge in [-0.25, -0.2) is 4.39 Å². The van der Waals surface area contributed by atoms with Crippen molar-refractivity contribution < 1.29 is 14.3 Å². The monoisotopic (exact) mass is 329 g/mol. The number of likely N-dealkylation sites (tertiary alicyclic amines) is 1. The molecule has 1 heterocycles. The number of aliphatic carboxylic acids is 1. The fraction of sp³-hybridized carbons (Fsp3) is 0.500. The molecule has 0 aromatic heterocycles. The third-order valence-electron chi connectivity index (χ3n) is 3.91. The van der Waals surface area contributed by atoms with Crippen LogP contribution in [0.5, 0.6) is 0 Å². The topological polar surface area (TPSA) is 40.5 Å². The first-order valence-corrected chi connectivity index (χ1v) is 7.11. The summed E-state index contributed by atoms with van der Waals surface area (Å²) in [5.74, 6) is -1.29. The summed E-state index contributed by atoms with van der Waals surface area (Å²) in [5, 5.41) is 9.14. The molecule has 1 fully saturated rings. The summed E-state index contributed by atoms with van der Waals surface area (Å²) in [6.07, 6.45) is 0. The summed E-state index contributed by atoms with van der Waals surface area (Å²) in [7, 11) is 0. The second kappa shape index (κ2) is 5.59. The molecule has 3 atom stereocenters. The Morgan fingerprint density at radius 2 is 2.21 bits per heavy atom. The molecule has 3 nitrogen and oxygen atoms in total. The molecule has 0 bridgehead atoms. The van der Waals surface area contributed by atoms with Gasteiger partial charge in [0.25, 0.3) is 0 Å². The van der Waals surface area contributed by atoms with Crippen molar-refractivity contribution in [2.45, 2.75) is 19.9 Å². The van der Waals surface area contributed by atoms with Gasteiger partial charge in [0.15, 0.2) is 0 Å². The fourth-order valence-corrected chi connectivity index (χ4v) is 3.05. The Bertz CT molecular complexity index is 494. The predicted molar refractivity (Wildman–Crippen MR) is 74.4 cm³/mol. The Hall–Kier alpha value is -0.940. The smallest absolute Gasteiger partial charge is 0.308 e. The molecule has 1 aliphatic rings. The summed E-state index contributed by atoms with van der Waals surface area (Å²) in [6.45, 7) is 5.01. The molecule has 1 aliphatic heterocycles. The van der Waals surface area contributed by atoms with Crippen LogP contribution in [0.1, 0.15) is 25.5 Å². The van der Waals surface area contributed by atoms with Crippen LogP contribution in [0, 0.1) is 17.7 Å². The molecule has 2 rings (SSSR count). The molecule has 0 saturated carbocycles. The van der Waals surface area contributed by atoms with Crippen molar-refractivity contribution in [3.63, 3.8) is 0 Å². The molecule has 1 N–H and O–H groups in total. The summed E-state index contributed by atoms with van der Waals surface area (Å²) in [6, 6.07) is 4.74. The van der Waals surface area contributed by atoms with Crippen molar-refractivity contribution in [2.75, 3.05) is 13.1 Å². The van der Waals surface area contributed by atoms with Crippen molar-refractivity contribution in [1.82, 2.24) is 4.90 Å². The Morgan fingerprint density at radius 1 is 1.53 bits per heavy atom. The van der Waals surface area contributed by atoms with E-state index in [0.29, 0.717) is 18.7 Å². The number of benzene rings is 1. The van der Waals surface area contributed by atoms with Crippen molar-refractivity contribution in [2.24, 2.45) is 11.8 Å². The third-order valence-corrected chi connectivity index (χ3v) is 4.41. The van der Waals surface area contributed by atoms with E-state index in [4.69, 9.17) is 5.11 Å². The van der Waals surface area contributed by atoms with E-state index in [1.165, 1.54) is 6.07 Å². The summed E-state index contributed by atoms with van der Waals surface area (Å²) < 4.78 is 14.7. The molecule has 0 spiro atoms. The maximum atomic E-state index is 13.9. The predicted octanol–water partition coefficient (Wildman–Crippen LogP) is 3.30. The Labute approximate surface area is 120 Å². The standard InChI is InChI=1S/C14H17BrFNO2/c1-8-6-17(7-12(8)14(18)19)9(2)11-5-10(15)3-4-13(11)16/h3-5,8-9,12H,6-7H2,1-2H3,(H,18,19). The summed E-state index contributed by atoms with van der Waals surface area (Å²) >= 11 is 3.34. The first kappa shape index (κ1) is 14.5. The highest BCUT2D eigenvalue weighted by molar-refractivity contribution is 9.10. The van der Waals surface area contributed by atoms with Crippen LogP contribution < -0.4 is 0 Å². The highest BCUT2D eigenvalue weighted by atomic mass is 79.9. The van der Waals surface area contributed by atoms with Gasteiger partial charge in [0.1, 0.15) is 5.82 Å². The average molecular weight is 330 g/mol. The molecule has 0 radical (unpaired) electrons. The zero-order valence-corrected chi connectivity index (χ0v) is 12.5. The van der Waals surface area contributed by atoms with Crippen LogP contribution in [0.25, 0.3) is 0 Å². The van der Waals surface area contributed by atoms with Crippen LogP contribution in [0.4, 0.5) is 4.39 Å². The number of carbonyl (C=O) groups is 1. The van der Waals surface area contributed by atoms with Gasteiger partial charge < -0.3 is 5.11 Å². The number of rotatable bonds is 3. The van der Waals surface area contributed by atoms with E-state index >= 15 is 0 Å². The lowest BCUT2D eigenvalue weighted by atomic mass is 9.99. The van der Waals surface area contributed by atoms with Crippen LogP contribution in [0.15, 0.2) is 22.7 Å². The second-order valence-electron chi connectivity index (χ2n) is 5.22. The molecule has 1 aromatic carbocycles. The summed E-state index contributed by atoms with van der Waals surface area (Å²) in [5.41, 5.74) is 0.604. The van der Waals surface area contributed by atoms with E-state index in [-0.39, 0.29) is 23.7 Å².